The molecule has 3 heterocycles. The zero-order valence-electron chi connectivity index (χ0n) is 9.19. The van der Waals surface area contributed by atoms with Crippen LogP contribution in [0.2, 0.25) is 0 Å². The van der Waals surface area contributed by atoms with Crippen LogP contribution in [-0.2, 0) is 0 Å². The Balaban J connectivity index is 2.00. The van der Waals surface area contributed by atoms with Gasteiger partial charge in [0.1, 0.15) is 5.82 Å². The fraction of sp³-hybridized carbons (Fsp3) is 0. The molecule has 0 spiro atoms. The van der Waals surface area contributed by atoms with Crippen LogP contribution < -0.4 is 5.73 Å². The Kier molecular flexibility index (Phi) is 2.41. The third-order valence-electron chi connectivity index (χ3n) is 2.22. The number of nitrogens with zero attached hydrogens (tertiary/aromatic N) is 5. The van der Waals surface area contributed by atoms with E-state index in [1.54, 1.807) is 36.8 Å². The summed E-state index contributed by atoms with van der Waals surface area (Å²) in [6, 6.07) is 5.11. The first-order valence-corrected chi connectivity index (χ1v) is 5.16. The number of anilines is 1. The lowest BCUT2D eigenvalue weighted by atomic mass is 10.2. The van der Waals surface area contributed by atoms with Gasteiger partial charge < -0.3 is 10.3 Å². The first-order valence-electron chi connectivity index (χ1n) is 5.16. The summed E-state index contributed by atoms with van der Waals surface area (Å²) in [6.07, 6.45) is 4.80. The Labute approximate surface area is 102 Å². The Morgan fingerprint density at radius 1 is 1.00 bits per heavy atom. The molecule has 0 saturated carbocycles. The summed E-state index contributed by atoms with van der Waals surface area (Å²) in [5.74, 6) is 1.49. The van der Waals surface area contributed by atoms with Gasteiger partial charge in [0.05, 0.1) is 0 Å². The maximum absolute atomic E-state index is 5.59. The number of hydrogen-bond acceptors (Lipinski definition) is 7. The largest absolute Gasteiger partial charge is 0.384 e. The van der Waals surface area contributed by atoms with Crippen LogP contribution in [0.15, 0.2) is 41.3 Å². The maximum Gasteiger partial charge on any atom is 0.258 e. The molecule has 0 aliphatic carbocycles. The predicted molar refractivity (Wildman–Crippen MR) is 63.0 cm³/mol. The Bertz CT molecular complexity index is 666. The highest BCUT2D eigenvalue weighted by Gasteiger charge is 2.12. The van der Waals surface area contributed by atoms with Crippen LogP contribution in [0.25, 0.3) is 23.1 Å². The monoisotopic (exact) mass is 240 g/mol. The van der Waals surface area contributed by atoms with Gasteiger partial charge in [-0.25, -0.2) is 15.0 Å². The van der Waals surface area contributed by atoms with Crippen molar-refractivity contribution in [2.75, 3.05) is 5.73 Å². The lowest BCUT2D eigenvalue weighted by Gasteiger charge is -1.94. The van der Waals surface area contributed by atoms with Gasteiger partial charge >= 0.3 is 0 Å². The molecule has 0 amide bonds. The van der Waals surface area contributed by atoms with E-state index < -0.39 is 0 Å². The smallest absolute Gasteiger partial charge is 0.258 e. The fourth-order valence-corrected chi connectivity index (χ4v) is 1.43. The number of hydrogen-bond donors (Lipinski definition) is 1. The van der Waals surface area contributed by atoms with Crippen LogP contribution in [0.5, 0.6) is 0 Å². The van der Waals surface area contributed by atoms with E-state index in [2.05, 4.69) is 25.1 Å². The molecule has 7 heteroatoms. The fourth-order valence-electron chi connectivity index (χ4n) is 1.43. The van der Waals surface area contributed by atoms with Crippen molar-refractivity contribution in [2.45, 2.75) is 0 Å². The highest BCUT2D eigenvalue weighted by atomic mass is 16.5. The molecule has 3 aromatic rings. The number of rotatable bonds is 2. The lowest BCUT2D eigenvalue weighted by Crippen LogP contribution is -1.90. The Morgan fingerprint density at radius 2 is 1.83 bits per heavy atom. The SMILES string of the molecule is Nc1cc(-c2nc(-c3ncccn3)no2)ccn1. The highest BCUT2D eigenvalue weighted by molar-refractivity contribution is 5.58. The van der Waals surface area contributed by atoms with Crippen LogP contribution in [0, 0.1) is 0 Å². The van der Waals surface area contributed by atoms with Crippen molar-refractivity contribution in [1.82, 2.24) is 25.1 Å². The summed E-state index contributed by atoms with van der Waals surface area (Å²) < 4.78 is 5.14. The minimum absolute atomic E-state index is 0.334. The van der Waals surface area contributed by atoms with Gasteiger partial charge in [-0.05, 0) is 18.2 Å². The average Bonchev–Trinajstić information content (AvgIpc) is 2.89. The maximum atomic E-state index is 5.59. The van der Waals surface area contributed by atoms with Crippen molar-refractivity contribution in [3.05, 3.63) is 36.8 Å². The lowest BCUT2D eigenvalue weighted by molar-refractivity contribution is 0.432. The van der Waals surface area contributed by atoms with Crippen LogP contribution in [-0.4, -0.2) is 25.1 Å². The van der Waals surface area contributed by atoms with Crippen molar-refractivity contribution in [3.8, 4) is 23.1 Å². The molecular formula is C11H8N6O. The second kappa shape index (κ2) is 4.21. The molecule has 88 valence electrons. The second-order valence-electron chi connectivity index (χ2n) is 3.46. The molecule has 18 heavy (non-hydrogen) atoms. The molecule has 0 fully saturated rings. The molecule has 0 radical (unpaired) electrons. The molecular weight excluding hydrogens is 232 g/mol. The van der Waals surface area contributed by atoms with Gasteiger partial charge in [0.25, 0.3) is 5.89 Å². The van der Waals surface area contributed by atoms with Crippen LogP contribution in [0.1, 0.15) is 0 Å². The summed E-state index contributed by atoms with van der Waals surface area (Å²) in [4.78, 5) is 16.2. The van der Waals surface area contributed by atoms with Crippen LogP contribution >= 0.6 is 0 Å². The summed E-state index contributed by atoms with van der Waals surface area (Å²) >= 11 is 0. The van der Waals surface area contributed by atoms with Gasteiger partial charge in [0, 0.05) is 24.2 Å². The minimum atomic E-state index is 0.334. The zero-order valence-corrected chi connectivity index (χ0v) is 9.19. The summed E-state index contributed by atoms with van der Waals surface area (Å²) in [5.41, 5.74) is 6.29. The summed E-state index contributed by atoms with van der Waals surface area (Å²) in [5, 5.41) is 3.82. The number of nitrogen functional groups attached to an aromatic ring is 1. The average molecular weight is 240 g/mol. The minimum Gasteiger partial charge on any atom is -0.384 e. The van der Waals surface area contributed by atoms with E-state index in [4.69, 9.17) is 10.3 Å². The van der Waals surface area contributed by atoms with Crippen molar-refractivity contribution in [1.29, 1.82) is 0 Å². The molecule has 7 nitrogen and oxygen atoms in total. The van der Waals surface area contributed by atoms with Gasteiger partial charge in [0.2, 0.25) is 11.6 Å². The van der Waals surface area contributed by atoms with Gasteiger partial charge in [-0.15, -0.1) is 0 Å². The predicted octanol–water partition coefficient (Wildman–Crippen LogP) is 1.17. The Morgan fingerprint density at radius 3 is 2.61 bits per heavy atom. The molecule has 0 aromatic carbocycles. The highest BCUT2D eigenvalue weighted by Crippen LogP contribution is 2.20. The van der Waals surface area contributed by atoms with Gasteiger partial charge in [-0.3, -0.25) is 0 Å². The molecule has 0 unspecified atom stereocenters. The summed E-state index contributed by atoms with van der Waals surface area (Å²) in [7, 11) is 0. The molecule has 0 bridgehead atoms. The van der Waals surface area contributed by atoms with Crippen LogP contribution in [0.3, 0.4) is 0 Å². The number of aromatic nitrogens is 5. The van der Waals surface area contributed by atoms with E-state index >= 15 is 0 Å². The van der Waals surface area contributed by atoms with E-state index in [-0.39, 0.29) is 0 Å². The first-order chi connectivity index (χ1) is 8.83. The van der Waals surface area contributed by atoms with Gasteiger partial charge in [-0.2, -0.15) is 4.98 Å². The quantitative estimate of drug-likeness (QED) is 0.716. The molecule has 0 atom stereocenters. The molecule has 0 saturated heterocycles. The van der Waals surface area contributed by atoms with Crippen molar-refractivity contribution in [3.63, 3.8) is 0 Å². The van der Waals surface area contributed by atoms with E-state index in [1.165, 1.54) is 0 Å². The molecule has 3 aromatic heterocycles. The van der Waals surface area contributed by atoms with E-state index in [9.17, 15) is 0 Å². The van der Waals surface area contributed by atoms with E-state index in [0.717, 1.165) is 0 Å². The normalized spacial score (nSPS) is 10.4. The second-order valence-corrected chi connectivity index (χ2v) is 3.46. The molecule has 2 N–H and O–H groups in total. The zero-order chi connectivity index (χ0) is 12.4. The number of nitrogens with two attached hydrogens (primary N) is 1. The van der Waals surface area contributed by atoms with E-state index in [0.29, 0.717) is 28.9 Å². The number of pyridine rings is 1. The standard InChI is InChI=1S/C11H8N6O/c12-8-6-7(2-5-13-8)11-16-10(17-18-11)9-14-3-1-4-15-9/h1-6H,(H2,12,13). The molecule has 0 aliphatic rings. The Hall–Kier alpha value is -2.83. The van der Waals surface area contributed by atoms with Crippen LogP contribution in [0.4, 0.5) is 5.82 Å². The first kappa shape index (κ1) is 10.3. The van der Waals surface area contributed by atoms with Gasteiger partial charge in [0.15, 0.2) is 0 Å². The third kappa shape index (κ3) is 1.88. The molecule has 3 rings (SSSR count). The molecule has 0 aliphatic heterocycles. The summed E-state index contributed by atoms with van der Waals surface area (Å²) in [6.45, 7) is 0. The van der Waals surface area contributed by atoms with Crippen molar-refractivity contribution < 1.29 is 4.52 Å². The van der Waals surface area contributed by atoms with Crippen molar-refractivity contribution in [2.24, 2.45) is 0 Å². The topological polar surface area (TPSA) is 104 Å². The van der Waals surface area contributed by atoms with Crippen molar-refractivity contribution >= 4 is 5.82 Å². The van der Waals surface area contributed by atoms with E-state index in [1.807, 2.05) is 0 Å². The third-order valence-corrected chi connectivity index (χ3v) is 2.22. The van der Waals surface area contributed by atoms with Gasteiger partial charge in [-0.1, -0.05) is 5.16 Å².